The zero-order valence-corrected chi connectivity index (χ0v) is 14.9. The highest BCUT2D eigenvalue weighted by molar-refractivity contribution is 5.93. The third-order valence-corrected chi connectivity index (χ3v) is 4.96. The van der Waals surface area contributed by atoms with Crippen LogP contribution in [0.1, 0.15) is 37.2 Å². The quantitative estimate of drug-likeness (QED) is 0.761. The second-order valence-corrected chi connectivity index (χ2v) is 7.09. The van der Waals surface area contributed by atoms with Gasteiger partial charge in [-0.1, -0.05) is 11.6 Å². The summed E-state index contributed by atoms with van der Waals surface area (Å²) in [6.07, 6.45) is 3.79. The number of rotatable bonds is 3. The first kappa shape index (κ1) is 17.4. The predicted molar refractivity (Wildman–Crippen MR) is 93.0 cm³/mol. The van der Waals surface area contributed by atoms with Crippen LogP contribution in [0.5, 0.6) is 0 Å². The largest absolute Gasteiger partial charge is 0.334 e. The molecular formula is C18H24N4O3. The summed E-state index contributed by atoms with van der Waals surface area (Å²) in [5, 5.41) is 4.05. The van der Waals surface area contributed by atoms with E-state index in [1.165, 1.54) is 24.8 Å². The third kappa shape index (κ3) is 3.50. The van der Waals surface area contributed by atoms with Gasteiger partial charge in [0.2, 0.25) is 5.91 Å². The van der Waals surface area contributed by atoms with Crippen LogP contribution in [-0.2, 0) is 11.8 Å². The number of aryl methyl sites for hydroxylation is 1. The minimum Gasteiger partial charge on any atom is -0.334 e. The van der Waals surface area contributed by atoms with Crippen LogP contribution in [0, 0.1) is 5.92 Å². The predicted octanol–water partition coefficient (Wildman–Crippen LogP) is 0.810. The van der Waals surface area contributed by atoms with Crippen LogP contribution >= 0.6 is 0 Å². The molecule has 0 aromatic carbocycles. The van der Waals surface area contributed by atoms with Crippen molar-refractivity contribution in [3.05, 3.63) is 39.8 Å². The fourth-order valence-electron chi connectivity index (χ4n) is 3.51. The van der Waals surface area contributed by atoms with E-state index in [9.17, 15) is 14.4 Å². The molecule has 0 aliphatic carbocycles. The van der Waals surface area contributed by atoms with Gasteiger partial charge in [-0.15, -0.1) is 0 Å². The molecule has 3 aliphatic heterocycles. The first-order valence-corrected chi connectivity index (χ1v) is 8.64. The minimum absolute atomic E-state index is 0.0401. The van der Waals surface area contributed by atoms with Crippen LogP contribution < -0.4 is 5.56 Å². The SMILES string of the molecule is CC(C)=CCN1C(=O)[C@@H]2CC[C@H]1CN(C(=O)c1ccc(=O)n(C)n1)C2. The van der Waals surface area contributed by atoms with Gasteiger partial charge in [-0.05, 0) is 32.8 Å². The van der Waals surface area contributed by atoms with Gasteiger partial charge in [0.15, 0.2) is 0 Å². The lowest BCUT2D eigenvalue weighted by Crippen LogP contribution is -2.48. The molecule has 3 fully saturated rings. The van der Waals surface area contributed by atoms with E-state index < -0.39 is 0 Å². The van der Waals surface area contributed by atoms with Crippen LogP contribution in [0.25, 0.3) is 0 Å². The number of fused-ring (bicyclic) bond motifs is 4. The molecule has 7 heteroatoms. The fourth-order valence-corrected chi connectivity index (χ4v) is 3.51. The van der Waals surface area contributed by atoms with Crippen molar-refractivity contribution >= 4 is 11.8 Å². The molecule has 7 nitrogen and oxygen atoms in total. The van der Waals surface area contributed by atoms with Crippen molar-refractivity contribution < 1.29 is 9.59 Å². The monoisotopic (exact) mass is 344 g/mol. The Balaban J connectivity index is 1.82. The number of carbonyl (C=O) groups is 2. The Hall–Kier alpha value is -2.44. The van der Waals surface area contributed by atoms with Gasteiger partial charge in [-0.2, -0.15) is 5.10 Å². The summed E-state index contributed by atoms with van der Waals surface area (Å²) in [5.74, 6) is -0.234. The number of hydrogen-bond acceptors (Lipinski definition) is 4. The van der Waals surface area contributed by atoms with E-state index in [-0.39, 0.29) is 35.0 Å². The second kappa shape index (κ2) is 6.82. The summed E-state index contributed by atoms with van der Waals surface area (Å²) in [6, 6.07) is 2.84. The van der Waals surface area contributed by atoms with Gasteiger partial charge < -0.3 is 9.80 Å². The molecule has 25 heavy (non-hydrogen) atoms. The maximum Gasteiger partial charge on any atom is 0.274 e. The zero-order valence-electron chi connectivity index (χ0n) is 14.9. The normalized spacial score (nSPS) is 22.8. The molecule has 2 atom stereocenters. The van der Waals surface area contributed by atoms with Gasteiger partial charge in [-0.3, -0.25) is 14.4 Å². The zero-order chi connectivity index (χ0) is 18.1. The van der Waals surface area contributed by atoms with Gasteiger partial charge in [0.1, 0.15) is 5.69 Å². The maximum atomic E-state index is 12.8. The van der Waals surface area contributed by atoms with Gasteiger partial charge in [-0.25, -0.2) is 4.68 Å². The summed E-state index contributed by atoms with van der Waals surface area (Å²) in [4.78, 5) is 40.6. The Kier molecular flexibility index (Phi) is 4.74. The summed E-state index contributed by atoms with van der Waals surface area (Å²) in [5.41, 5.74) is 1.16. The maximum absolute atomic E-state index is 12.8. The Morgan fingerprint density at radius 1 is 1.24 bits per heavy atom. The van der Waals surface area contributed by atoms with E-state index in [0.29, 0.717) is 19.6 Å². The molecule has 4 heterocycles. The standard InChI is InChI=1S/C18H24N4O3/c1-12(2)8-9-22-14-5-4-13(17(22)24)10-21(11-14)18(25)15-6-7-16(23)20(3)19-15/h6-8,13-14H,4-5,9-11H2,1-3H3/t13-,14+/m1/s1. The topological polar surface area (TPSA) is 75.5 Å². The second-order valence-electron chi connectivity index (χ2n) is 7.09. The molecule has 2 bridgehead atoms. The van der Waals surface area contributed by atoms with E-state index >= 15 is 0 Å². The highest BCUT2D eigenvalue weighted by Gasteiger charge is 2.41. The molecule has 134 valence electrons. The molecule has 2 amide bonds. The lowest BCUT2D eigenvalue weighted by molar-refractivity contribution is -0.139. The number of aromatic nitrogens is 2. The van der Waals surface area contributed by atoms with Crippen molar-refractivity contribution in [3.63, 3.8) is 0 Å². The lowest BCUT2D eigenvalue weighted by atomic mass is 9.94. The van der Waals surface area contributed by atoms with Crippen molar-refractivity contribution in [2.24, 2.45) is 13.0 Å². The van der Waals surface area contributed by atoms with Crippen molar-refractivity contribution in [2.45, 2.75) is 32.7 Å². The number of hydrogen-bond donors (Lipinski definition) is 0. The summed E-state index contributed by atoms with van der Waals surface area (Å²) < 4.78 is 1.16. The van der Waals surface area contributed by atoms with E-state index in [1.807, 2.05) is 18.7 Å². The molecule has 0 spiro atoms. The Morgan fingerprint density at radius 2 is 2.00 bits per heavy atom. The molecule has 0 N–H and O–H groups in total. The lowest BCUT2D eigenvalue weighted by Gasteiger charge is -2.35. The van der Waals surface area contributed by atoms with Crippen LogP contribution in [0.2, 0.25) is 0 Å². The number of piperidine rings is 1. The highest BCUT2D eigenvalue weighted by Crippen LogP contribution is 2.29. The Morgan fingerprint density at radius 3 is 2.68 bits per heavy atom. The molecule has 1 aromatic rings. The van der Waals surface area contributed by atoms with Gasteiger partial charge in [0.25, 0.3) is 11.5 Å². The molecule has 3 aliphatic rings. The van der Waals surface area contributed by atoms with Crippen molar-refractivity contribution in [3.8, 4) is 0 Å². The van der Waals surface area contributed by atoms with E-state index in [0.717, 1.165) is 17.5 Å². The number of amides is 2. The minimum atomic E-state index is -0.254. The van der Waals surface area contributed by atoms with E-state index in [4.69, 9.17) is 0 Å². The number of carbonyl (C=O) groups excluding carboxylic acids is 2. The Bertz CT molecular complexity index is 779. The van der Waals surface area contributed by atoms with E-state index in [1.54, 1.807) is 4.90 Å². The smallest absolute Gasteiger partial charge is 0.274 e. The molecule has 0 radical (unpaired) electrons. The number of nitrogens with zero attached hydrogens (tertiary/aromatic N) is 4. The van der Waals surface area contributed by atoms with E-state index in [2.05, 4.69) is 11.2 Å². The molecule has 4 rings (SSSR count). The fraction of sp³-hybridized carbons (Fsp3) is 0.556. The third-order valence-electron chi connectivity index (χ3n) is 4.96. The van der Waals surface area contributed by atoms with Gasteiger partial charge in [0.05, 0.1) is 5.92 Å². The average Bonchev–Trinajstić information content (AvgIpc) is 2.86. The van der Waals surface area contributed by atoms with Crippen molar-refractivity contribution in [1.29, 1.82) is 0 Å². The molecular weight excluding hydrogens is 320 g/mol. The summed E-state index contributed by atoms with van der Waals surface area (Å²) in [7, 11) is 1.52. The molecule has 1 aromatic heterocycles. The van der Waals surface area contributed by atoms with Crippen molar-refractivity contribution in [1.82, 2.24) is 19.6 Å². The summed E-state index contributed by atoms with van der Waals surface area (Å²) in [6.45, 7) is 5.57. The molecule has 0 unspecified atom stereocenters. The first-order chi connectivity index (χ1) is 11.9. The number of allylic oxidation sites excluding steroid dienone is 1. The van der Waals surface area contributed by atoms with Crippen molar-refractivity contribution in [2.75, 3.05) is 19.6 Å². The van der Waals surface area contributed by atoms with Gasteiger partial charge >= 0.3 is 0 Å². The molecule has 0 saturated carbocycles. The van der Waals surface area contributed by atoms with Crippen LogP contribution in [0.3, 0.4) is 0 Å². The molecule has 3 saturated heterocycles. The van der Waals surface area contributed by atoms with Crippen LogP contribution in [-0.4, -0.2) is 57.1 Å². The van der Waals surface area contributed by atoms with Crippen LogP contribution in [0.15, 0.2) is 28.6 Å². The summed E-state index contributed by atoms with van der Waals surface area (Å²) >= 11 is 0. The van der Waals surface area contributed by atoms with Crippen LogP contribution in [0.4, 0.5) is 0 Å². The average molecular weight is 344 g/mol. The Labute approximate surface area is 146 Å². The first-order valence-electron chi connectivity index (χ1n) is 8.64. The highest BCUT2D eigenvalue weighted by atomic mass is 16.2. The van der Waals surface area contributed by atoms with Gasteiger partial charge in [0, 0.05) is 38.8 Å².